The van der Waals surface area contributed by atoms with Gasteiger partial charge in [0.05, 0.1) is 10.6 Å². The van der Waals surface area contributed by atoms with Crippen LogP contribution in [0.2, 0.25) is 0 Å². The van der Waals surface area contributed by atoms with E-state index in [9.17, 15) is 22.0 Å². The van der Waals surface area contributed by atoms with Crippen molar-refractivity contribution >= 4 is 21.4 Å². The Balaban J connectivity index is 2.78. The maximum absolute atomic E-state index is 13.1. The van der Waals surface area contributed by atoms with Crippen LogP contribution in [-0.4, -0.2) is 20.1 Å². The molecule has 1 heterocycles. The summed E-state index contributed by atoms with van der Waals surface area (Å²) in [6.07, 6.45) is 0. The third-order valence-electron chi connectivity index (χ3n) is 1.94. The van der Waals surface area contributed by atoms with Crippen LogP contribution in [0.25, 0.3) is 0 Å². The molecule has 1 aromatic carbocycles. The van der Waals surface area contributed by atoms with E-state index in [2.05, 4.69) is 5.32 Å². The summed E-state index contributed by atoms with van der Waals surface area (Å²) in [6.45, 7) is 0. The Hall–Kier alpha value is -1.50. The third-order valence-corrected chi connectivity index (χ3v) is 3.57. The van der Waals surface area contributed by atoms with Gasteiger partial charge in [0.2, 0.25) is 5.91 Å². The molecule has 0 radical (unpaired) electrons. The number of hydrogen-bond acceptors (Lipinski definition) is 3. The molecule has 15 heavy (non-hydrogen) atoms. The average Bonchev–Trinajstić information content (AvgIpc) is 2.06. The zero-order valence-corrected chi connectivity index (χ0v) is 8.07. The first-order valence-corrected chi connectivity index (χ1v) is 5.57. The zero-order valence-electron chi connectivity index (χ0n) is 7.25. The summed E-state index contributed by atoms with van der Waals surface area (Å²) in [4.78, 5) is 10.4. The molecule has 0 spiro atoms. The molecule has 0 aliphatic carbocycles. The Morgan fingerprint density at radius 1 is 1.27 bits per heavy atom. The molecule has 2 rings (SSSR count). The number of carbonyl (C=O) groups is 1. The van der Waals surface area contributed by atoms with Crippen LogP contribution in [0.1, 0.15) is 0 Å². The number of carbonyl (C=O) groups excluding carboxylic acids is 1. The number of nitrogens with one attached hydrogen (secondary N) is 1. The van der Waals surface area contributed by atoms with E-state index in [4.69, 9.17) is 0 Å². The third kappa shape index (κ3) is 1.58. The number of fused-ring (bicyclic) bond motifs is 1. The van der Waals surface area contributed by atoms with Crippen LogP contribution < -0.4 is 5.32 Å². The van der Waals surface area contributed by atoms with Crippen LogP contribution >= 0.6 is 0 Å². The topological polar surface area (TPSA) is 63.2 Å². The van der Waals surface area contributed by atoms with Crippen LogP contribution in [0.5, 0.6) is 0 Å². The van der Waals surface area contributed by atoms with E-state index in [1.807, 2.05) is 0 Å². The molecule has 0 fully saturated rings. The maximum Gasteiger partial charge on any atom is 0.240 e. The smallest absolute Gasteiger partial charge is 0.240 e. The molecule has 0 aromatic heterocycles. The number of amides is 1. The Bertz CT molecular complexity index is 553. The van der Waals surface area contributed by atoms with Gasteiger partial charge < -0.3 is 5.32 Å². The van der Waals surface area contributed by atoms with Gasteiger partial charge in [0.25, 0.3) is 0 Å². The van der Waals surface area contributed by atoms with Crippen LogP contribution in [0.3, 0.4) is 0 Å². The Labute approximate surface area is 83.8 Å². The lowest BCUT2D eigenvalue weighted by Gasteiger charge is -2.17. The van der Waals surface area contributed by atoms with Crippen LogP contribution in [0.15, 0.2) is 17.0 Å². The summed E-state index contributed by atoms with van der Waals surface area (Å²) in [5.41, 5.74) is -0.479. The van der Waals surface area contributed by atoms with Crippen molar-refractivity contribution < 1.29 is 22.0 Å². The monoisotopic (exact) mass is 233 g/mol. The predicted molar refractivity (Wildman–Crippen MR) is 47.0 cm³/mol. The SMILES string of the molecule is O=C1CS(=O)(=O)c2cc(F)cc(F)c2N1. The first-order valence-electron chi connectivity index (χ1n) is 3.92. The number of halogens is 2. The summed E-state index contributed by atoms with van der Waals surface area (Å²) in [5, 5.41) is 2.05. The largest absolute Gasteiger partial charge is 0.322 e. The van der Waals surface area contributed by atoms with Crippen LogP contribution in [-0.2, 0) is 14.6 Å². The number of anilines is 1. The summed E-state index contributed by atoms with van der Waals surface area (Å²) >= 11 is 0. The highest BCUT2D eigenvalue weighted by Crippen LogP contribution is 2.29. The second-order valence-corrected chi connectivity index (χ2v) is 5.03. The van der Waals surface area contributed by atoms with Gasteiger partial charge in [-0.05, 0) is 6.07 Å². The van der Waals surface area contributed by atoms with Gasteiger partial charge in [-0.15, -0.1) is 0 Å². The minimum Gasteiger partial charge on any atom is -0.322 e. The van der Waals surface area contributed by atoms with Crippen molar-refractivity contribution in [2.75, 3.05) is 11.1 Å². The van der Waals surface area contributed by atoms with E-state index in [0.717, 1.165) is 0 Å². The molecule has 0 saturated carbocycles. The normalized spacial score (nSPS) is 18.1. The first kappa shape index (κ1) is 10.0. The fourth-order valence-electron chi connectivity index (χ4n) is 1.34. The Morgan fingerprint density at radius 3 is 2.60 bits per heavy atom. The second-order valence-electron chi connectivity index (χ2n) is 3.07. The van der Waals surface area contributed by atoms with Gasteiger partial charge in [-0.2, -0.15) is 0 Å². The van der Waals surface area contributed by atoms with Gasteiger partial charge in [-0.25, -0.2) is 17.2 Å². The van der Waals surface area contributed by atoms with Crippen molar-refractivity contribution in [1.29, 1.82) is 0 Å². The fourth-order valence-corrected chi connectivity index (χ4v) is 2.67. The molecule has 1 aromatic rings. The van der Waals surface area contributed by atoms with Crippen molar-refractivity contribution in [2.24, 2.45) is 0 Å². The lowest BCUT2D eigenvalue weighted by Crippen LogP contribution is -2.30. The molecular formula is C8H5F2NO3S. The number of benzene rings is 1. The minimum absolute atomic E-state index is 0.479. The summed E-state index contributed by atoms with van der Waals surface area (Å²) < 4.78 is 48.7. The Morgan fingerprint density at radius 2 is 1.93 bits per heavy atom. The van der Waals surface area contributed by atoms with Gasteiger partial charge in [0.15, 0.2) is 15.7 Å². The average molecular weight is 233 g/mol. The predicted octanol–water partition coefficient (Wildman–Crippen LogP) is 0.691. The lowest BCUT2D eigenvalue weighted by atomic mass is 10.3. The Kier molecular flexibility index (Phi) is 2.00. The molecule has 4 nitrogen and oxygen atoms in total. The summed E-state index contributed by atoms with van der Waals surface area (Å²) in [5.74, 6) is -3.70. The van der Waals surface area contributed by atoms with Crippen molar-refractivity contribution in [3.05, 3.63) is 23.8 Å². The van der Waals surface area contributed by atoms with Gasteiger partial charge >= 0.3 is 0 Å². The zero-order chi connectivity index (χ0) is 11.2. The first-order chi connectivity index (χ1) is 6.90. The molecule has 0 bridgehead atoms. The highest BCUT2D eigenvalue weighted by molar-refractivity contribution is 7.92. The summed E-state index contributed by atoms with van der Waals surface area (Å²) in [7, 11) is -3.93. The molecule has 7 heteroatoms. The van der Waals surface area contributed by atoms with E-state index in [1.54, 1.807) is 0 Å². The molecule has 80 valence electrons. The van der Waals surface area contributed by atoms with E-state index < -0.39 is 43.7 Å². The number of hydrogen-bond donors (Lipinski definition) is 1. The van der Waals surface area contributed by atoms with E-state index in [-0.39, 0.29) is 0 Å². The van der Waals surface area contributed by atoms with Crippen LogP contribution in [0, 0.1) is 11.6 Å². The fraction of sp³-hybridized carbons (Fsp3) is 0.125. The number of sulfone groups is 1. The van der Waals surface area contributed by atoms with Crippen molar-refractivity contribution in [2.45, 2.75) is 4.90 Å². The van der Waals surface area contributed by atoms with Gasteiger partial charge in [0.1, 0.15) is 11.6 Å². The van der Waals surface area contributed by atoms with Gasteiger partial charge in [0, 0.05) is 6.07 Å². The standard InChI is InChI=1S/C8H5F2NO3S/c9-4-1-5(10)8-6(2-4)15(13,14)3-7(12)11-8/h1-2H,3H2,(H,11,12). The summed E-state index contributed by atoms with van der Waals surface area (Å²) in [6, 6.07) is 1.20. The lowest BCUT2D eigenvalue weighted by molar-refractivity contribution is -0.114. The molecule has 0 unspecified atom stereocenters. The number of rotatable bonds is 0. The second kappa shape index (κ2) is 2.99. The highest BCUT2D eigenvalue weighted by atomic mass is 32.2. The molecule has 0 saturated heterocycles. The van der Waals surface area contributed by atoms with E-state index in [0.29, 0.717) is 12.1 Å². The molecule has 0 atom stereocenters. The highest BCUT2D eigenvalue weighted by Gasteiger charge is 2.31. The van der Waals surface area contributed by atoms with Crippen LogP contribution in [0.4, 0.5) is 14.5 Å². The molecule has 1 aliphatic heterocycles. The quantitative estimate of drug-likeness (QED) is 0.717. The van der Waals surface area contributed by atoms with E-state index in [1.165, 1.54) is 0 Å². The molecular weight excluding hydrogens is 228 g/mol. The van der Waals surface area contributed by atoms with Crippen molar-refractivity contribution in [1.82, 2.24) is 0 Å². The van der Waals surface area contributed by atoms with Gasteiger partial charge in [-0.3, -0.25) is 4.79 Å². The minimum atomic E-state index is -3.93. The van der Waals surface area contributed by atoms with Gasteiger partial charge in [-0.1, -0.05) is 0 Å². The van der Waals surface area contributed by atoms with Crippen molar-refractivity contribution in [3.8, 4) is 0 Å². The van der Waals surface area contributed by atoms with E-state index >= 15 is 0 Å². The molecule has 1 N–H and O–H groups in total. The maximum atomic E-state index is 13.1. The molecule has 1 aliphatic rings. The van der Waals surface area contributed by atoms with Crippen molar-refractivity contribution in [3.63, 3.8) is 0 Å². The molecule has 1 amide bonds.